The molecule has 0 saturated heterocycles. The fourth-order valence-electron chi connectivity index (χ4n) is 2.16. The van der Waals surface area contributed by atoms with Gasteiger partial charge in [-0.2, -0.15) is 0 Å². The van der Waals surface area contributed by atoms with E-state index in [4.69, 9.17) is 0 Å². The number of carbonyl (C=O) groups is 1. The molecule has 19 heavy (non-hydrogen) atoms. The number of hydrogen-bond donors (Lipinski definition) is 0. The number of Topliss-reactive ketones (excluding diaryl/α,β-unsaturated/α-hetero) is 1. The molecule has 2 aromatic carbocycles. The molecule has 1 heteroatoms. The number of rotatable bonds is 5. The van der Waals surface area contributed by atoms with Gasteiger partial charge in [-0.25, -0.2) is 0 Å². The number of hydrogen-bond acceptors (Lipinski definition) is 1. The van der Waals surface area contributed by atoms with E-state index in [0.29, 0.717) is 0 Å². The van der Waals surface area contributed by atoms with Crippen LogP contribution in [-0.2, 0) is 0 Å². The second-order valence-electron chi connectivity index (χ2n) is 4.50. The Morgan fingerprint density at radius 2 is 1.58 bits per heavy atom. The fraction of sp³-hybridized carbons (Fsp3) is 0.167. The van der Waals surface area contributed by atoms with Crippen molar-refractivity contribution in [2.75, 3.05) is 0 Å². The second-order valence-corrected chi connectivity index (χ2v) is 4.50. The molecule has 1 atom stereocenters. The van der Waals surface area contributed by atoms with Crippen molar-refractivity contribution < 1.29 is 4.79 Å². The van der Waals surface area contributed by atoms with E-state index < -0.39 is 0 Å². The van der Waals surface area contributed by atoms with Crippen LogP contribution in [-0.4, -0.2) is 5.78 Å². The summed E-state index contributed by atoms with van der Waals surface area (Å²) in [5.74, 6) is 0.0877. The summed E-state index contributed by atoms with van der Waals surface area (Å²) in [5.41, 5.74) is 1.86. The summed E-state index contributed by atoms with van der Waals surface area (Å²) in [7, 11) is 0. The first-order chi connectivity index (χ1) is 9.33. The number of ketones is 1. The molecule has 0 bridgehead atoms. The van der Waals surface area contributed by atoms with Crippen molar-refractivity contribution >= 4 is 5.78 Å². The molecule has 96 valence electrons. The Kier molecular flexibility index (Phi) is 4.68. The van der Waals surface area contributed by atoms with Gasteiger partial charge >= 0.3 is 0 Å². The van der Waals surface area contributed by atoms with E-state index in [1.807, 2.05) is 73.7 Å². The van der Waals surface area contributed by atoms with Crippen molar-refractivity contribution in [1.29, 1.82) is 0 Å². The average molecular weight is 250 g/mol. The summed E-state index contributed by atoms with van der Waals surface area (Å²) in [6.45, 7) is 1.98. The van der Waals surface area contributed by atoms with Gasteiger partial charge in [0.15, 0.2) is 5.78 Å². The Labute approximate surface area is 114 Å². The smallest absolute Gasteiger partial charge is 0.170 e. The number of carbonyl (C=O) groups excluding carboxylic acids is 1. The summed E-state index contributed by atoms with van der Waals surface area (Å²) < 4.78 is 0. The monoisotopic (exact) mass is 250 g/mol. The van der Waals surface area contributed by atoms with Crippen LogP contribution < -0.4 is 0 Å². The van der Waals surface area contributed by atoms with E-state index >= 15 is 0 Å². The van der Waals surface area contributed by atoms with Crippen LogP contribution >= 0.6 is 0 Å². The predicted molar refractivity (Wildman–Crippen MR) is 79.4 cm³/mol. The van der Waals surface area contributed by atoms with Gasteiger partial charge in [0.2, 0.25) is 0 Å². The summed E-state index contributed by atoms with van der Waals surface area (Å²) in [4.78, 5) is 12.6. The zero-order valence-corrected chi connectivity index (χ0v) is 11.1. The van der Waals surface area contributed by atoms with Gasteiger partial charge in [-0.05, 0) is 18.9 Å². The minimum absolute atomic E-state index is 0.0974. The molecular weight excluding hydrogens is 232 g/mol. The molecule has 0 heterocycles. The standard InChI is InChI=1S/C18H18O/c1-2-3-14-17(15-10-6-4-7-11-15)18(19)16-12-8-5-9-13-16/h2-13,17H,14H2,1H3/b3-2-. The zero-order valence-electron chi connectivity index (χ0n) is 11.1. The van der Waals surface area contributed by atoms with Crippen LogP contribution in [0.2, 0.25) is 0 Å². The lowest BCUT2D eigenvalue weighted by atomic mass is 9.88. The molecule has 0 aliphatic heterocycles. The zero-order chi connectivity index (χ0) is 13.5. The van der Waals surface area contributed by atoms with Gasteiger partial charge in [0.1, 0.15) is 0 Å². The summed E-state index contributed by atoms with van der Waals surface area (Å²) in [5, 5.41) is 0. The van der Waals surface area contributed by atoms with Crippen molar-refractivity contribution in [3.05, 3.63) is 83.9 Å². The Morgan fingerprint density at radius 1 is 1.00 bits per heavy atom. The molecule has 2 aromatic rings. The van der Waals surface area contributed by atoms with Crippen molar-refractivity contribution in [3.8, 4) is 0 Å². The molecule has 2 rings (SSSR count). The van der Waals surface area contributed by atoms with Gasteiger partial charge in [-0.15, -0.1) is 0 Å². The molecule has 1 nitrogen and oxygen atoms in total. The normalized spacial score (nSPS) is 12.5. The van der Waals surface area contributed by atoms with E-state index in [1.54, 1.807) is 0 Å². The molecule has 1 unspecified atom stereocenters. The average Bonchev–Trinajstić information content (AvgIpc) is 2.49. The molecular formula is C18H18O. The molecule has 0 aliphatic carbocycles. The Bertz CT molecular complexity index is 540. The molecule has 0 aromatic heterocycles. The van der Waals surface area contributed by atoms with Crippen LogP contribution in [0.3, 0.4) is 0 Å². The molecule has 0 saturated carbocycles. The first-order valence-corrected chi connectivity index (χ1v) is 6.58. The molecule has 0 spiro atoms. The van der Waals surface area contributed by atoms with Crippen molar-refractivity contribution in [1.82, 2.24) is 0 Å². The highest BCUT2D eigenvalue weighted by atomic mass is 16.1. The third-order valence-corrected chi connectivity index (χ3v) is 3.18. The molecule has 0 aliphatic rings. The lowest BCUT2D eigenvalue weighted by Gasteiger charge is -2.14. The summed E-state index contributed by atoms with van der Waals surface area (Å²) in [6.07, 6.45) is 4.79. The van der Waals surface area contributed by atoms with Gasteiger partial charge in [0.25, 0.3) is 0 Å². The number of allylic oxidation sites excluding steroid dienone is 2. The molecule has 0 fully saturated rings. The Balaban J connectivity index is 2.31. The van der Waals surface area contributed by atoms with E-state index in [0.717, 1.165) is 17.5 Å². The minimum Gasteiger partial charge on any atom is -0.293 e. The van der Waals surface area contributed by atoms with Crippen molar-refractivity contribution in [3.63, 3.8) is 0 Å². The SMILES string of the molecule is C/C=C\CC(C(=O)c1ccccc1)c1ccccc1. The van der Waals surface area contributed by atoms with Gasteiger partial charge in [-0.3, -0.25) is 4.79 Å². The van der Waals surface area contributed by atoms with Crippen molar-refractivity contribution in [2.45, 2.75) is 19.3 Å². The Morgan fingerprint density at radius 3 is 2.16 bits per heavy atom. The van der Waals surface area contributed by atoms with Crippen LogP contribution in [0.1, 0.15) is 35.2 Å². The van der Waals surface area contributed by atoms with E-state index in [-0.39, 0.29) is 11.7 Å². The highest BCUT2D eigenvalue weighted by Gasteiger charge is 2.20. The second kappa shape index (κ2) is 6.69. The first-order valence-electron chi connectivity index (χ1n) is 6.58. The van der Waals surface area contributed by atoms with E-state index in [9.17, 15) is 4.79 Å². The minimum atomic E-state index is -0.0974. The van der Waals surface area contributed by atoms with Crippen LogP contribution in [0.5, 0.6) is 0 Å². The third-order valence-electron chi connectivity index (χ3n) is 3.18. The lowest BCUT2D eigenvalue weighted by molar-refractivity contribution is 0.0960. The Hall–Kier alpha value is -2.15. The summed E-state index contributed by atoms with van der Waals surface area (Å²) >= 11 is 0. The molecule has 0 amide bonds. The quantitative estimate of drug-likeness (QED) is 0.559. The highest BCUT2D eigenvalue weighted by molar-refractivity contribution is 6.01. The largest absolute Gasteiger partial charge is 0.293 e. The van der Waals surface area contributed by atoms with Gasteiger partial charge in [0.05, 0.1) is 5.92 Å². The maximum Gasteiger partial charge on any atom is 0.170 e. The first kappa shape index (κ1) is 13.3. The van der Waals surface area contributed by atoms with Crippen LogP contribution in [0.15, 0.2) is 72.8 Å². The van der Waals surface area contributed by atoms with Crippen LogP contribution in [0.4, 0.5) is 0 Å². The highest BCUT2D eigenvalue weighted by Crippen LogP contribution is 2.24. The van der Waals surface area contributed by atoms with Crippen LogP contribution in [0, 0.1) is 0 Å². The number of benzene rings is 2. The topological polar surface area (TPSA) is 17.1 Å². The lowest BCUT2D eigenvalue weighted by Crippen LogP contribution is -2.12. The van der Waals surface area contributed by atoms with Crippen LogP contribution in [0.25, 0.3) is 0 Å². The van der Waals surface area contributed by atoms with Gasteiger partial charge in [0, 0.05) is 5.56 Å². The fourth-order valence-corrected chi connectivity index (χ4v) is 2.16. The maximum atomic E-state index is 12.6. The van der Waals surface area contributed by atoms with Crippen molar-refractivity contribution in [2.24, 2.45) is 0 Å². The third kappa shape index (κ3) is 3.41. The van der Waals surface area contributed by atoms with Gasteiger partial charge < -0.3 is 0 Å². The predicted octanol–water partition coefficient (Wildman–Crippen LogP) is 4.62. The summed E-state index contributed by atoms with van der Waals surface area (Å²) in [6, 6.07) is 19.5. The van der Waals surface area contributed by atoms with E-state index in [1.165, 1.54) is 0 Å². The molecule has 0 radical (unpaired) electrons. The maximum absolute atomic E-state index is 12.6. The van der Waals surface area contributed by atoms with Gasteiger partial charge in [-0.1, -0.05) is 72.8 Å². The molecule has 0 N–H and O–H groups in total. The van der Waals surface area contributed by atoms with E-state index in [2.05, 4.69) is 6.08 Å².